The van der Waals surface area contributed by atoms with Gasteiger partial charge in [-0.15, -0.1) is 0 Å². The third-order valence-corrected chi connectivity index (χ3v) is 9.11. The van der Waals surface area contributed by atoms with Crippen molar-refractivity contribution in [3.05, 3.63) is 43.8 Å². The minimum absolute atomic E-state index is 0. The first kappa shape index (κ1) is 21.3. The van der Waals surface area contributed by atoms with E-state index in [2.05, 4.69) is 32.1 Å². The molecular weight excluding hydrogens is 402 g/mol. The first-order valence-electron chi connectivity index (χ1n) is 8.75. The average molecular weight is 430 g/mol. The summed E-state index contributed by atoms with van der Waals surface area (Å²) in [5.41, 5.74) is 6.83. The molecule has 3 rings (SSSR count). The second-order valence-electron chi connectivity index (χ2n) is 6.41. The smallest absolute Gasteiger partial charge is 1.00 e. The van der Waals surface area contributed by atoms with Crippen molar-refractivity contribution in [1.82, 2.24) is 0 Å². The molecule has 1 saturated carbocycles. The van der Waals surface area contributed by atoms with Gasteiger partial charge < -0.3 is 24.8 Å². The van der Waals surface area contributed by atoms with Gasteiger partial charge in [-0.2, -0.15) is 0 Å². The van der Waals surface area contributed by atoms with Gasteiger partial charge in [0.25, 0.3) is 0 Å². The summed E-state index contributed by atoms with van der Waals surface area (Å²) in [5.74, 6) is 0. The van der Waals surface area contributed by atoms with Gasteiger partial charge in [-0.05, 0) is 0 Å². The van der Waals surface area contributed by atoms with Crippen LogP contribution in [-0.2, 0) is 22.8 Å². The van der Waals surface area contributed by atoms with Crippen LogP contribution in [0.25, 0.3) is 0 Å². The monoisotopic (exact) mass is 427 g/mol. The Balaban J connectivity index is 0.00000132. The Morgan fingerprint density at radius 2 is 1.65 bits per heavy atom. The van der Waals surface area contributed by atoms with Crippen LogP contribution in [0.4, 0.5) is 0 Å². The molecule has 0 bridgehead atoms. The predicted molar refractivity (Wildman–Crippen MR) is 89.2 cm³/mol. The molecule has 3 heteroatoms. The van der Waals surface area contributed by atoms with E-state index in [1.807, 2.05) is 6.49 Å². The molecule has 125 valence electrons. The van der Waals surface area contributed by atoms with Crippen LogP contribution in [0.1, 0.15) is 71.6 Å². The standard InChI is InChI=1S/C14H17.C6H10.2ClH.Zr/c1-3-11-9-10-14(13(11)4-2)12-7-5-6-8-12;1-2-4-6-5-3-1;;;/h5-7H,3-4,8,10H2,1-2H3;1-5H2;2*1H;/q;;;;+2/p-2. The largest absolute Gasteiger partial charge is 1.00 e. The third kappa shape index (κ3) is 4.90. The van der Waals surface area contributed by atoms with Crippen molar-refractivity contribution in [2.75, 3.05) is 0 Å². The van der Waals surface area contributed by atoms with Crippen LogP contribution >= 0.6 is 0 Å². The minimum Gasteiger partial charge on any atom is -1.00 e. The molecule has 0 aromatic carbocycles. The molecule has 1 fully saturated rings. The molecule has 0 heterocycles. The number of hydrogen-bond acceptors (Lipinski definition) is 0. The van der Waals surface area contributed by atoms with E-state index in [0.717, 1.165) is 0 Å². The van der Waals surface area contributed by atoms with E-state index in [9.17, 15) is 0 Å². The Labute approximate surface area is 165 Å². The first-order chi connectivity index (χ1) is 10.3. The first-order valence-corrected chi connectivity index (χ1v) is 11.2. The van der Waals surface area contributed by atoms with Gasteiger partial charge in [-0.1, -0.05) is 0 Å². The molecule has 0 radical (unpaired) electrons. The van der Waals surface area contributed by atoms with Crippen molar-refractivity contribution in [2.45, 2.75) is 71.6 Å². The van der Waals surface area contributed by atoms with Crippen LogP contribution in [0, 0.1) is 0 Å². The molecule has 3 aliphatic rings. The summed E-state index contributed by atoms with van der Waals surface area (Å²) in [6, 6.07) is 0. The van der Waals surface area contributed by atoms with Crippen LogP contribution in [0.5, 0.6) is 0 Å². The fourth-order valence-electron chi connectivity index (χ4n) is 4.02. The van der Waals surface area contributed by atoms with Crippen molar-refractivity contribution in [3.63, 3.8) is 0 Å². The Bertz CT molecular complexity index is 568. The zero-order valence-corrected chi connectivity index (χ0v) is 18.3. The van der Waals surface area contributed by atoms with Gasteiger partial charge in [-0.3, -0.25) is 0 Å². The van der Waals surface area contributed by atoms with Crippen LogP contribution < -0.4 is 24.8 Å². The summed E-state index contributed by atoms with van der Waals surface area (Å²) < 4.78 is 3.93. The summed E-state index contributed by atoms with van der Waals surface area (Å²) in [6.07, 6.45) is 19.3. The zero-order chi connectivity index (χ0) is 14.7. The summed E-state index contributed by atoms with van der Waals surface area (Å²) in [5, 5.41) is 0. The molecule has 3 aliphatic carbocycles. The Morgan fingerprint density at radius 1 is 0.957 bits per heavy atom. The van der Waals surface area contributed by atoms with Crippen molar-refractivity contribution in [1.29, 1.82) is 0 Å². The number of hydrogen-bond donors (Lipinski definition) is 0. The molecule has 0 saturated heterocycles. The van der Waals surface area contributed by atoms with Crippen molar-refractivity contribution in [2.24, 2.45) is 0 Å². The van der Waals surface area contributed by atoms with Gasteiger partial charge in [0, 0.05) is 0 Å². The molecule has 0 amide bonds. The van der Waals surface area contributed by atoms with Gasteiger partial charge in [0.15, 0.2) is 0 Å². The van der Waals surface area contributed by atoms with E-state index in [0.29, 0.717) is 0 Å². The fourth-order valence-corrected chi connectivity index (χ4v) is 8.38. The molecular formula is C20H27Cl2Zr. The third-order valence-electron chi connectivity index (χ3n) is 5.10. The molecule has 0 unspecified atom stereocenters. The molecule has 0 aliphatic heterocycles. The van der Waals surface area contributed by atoms with Crippen LogP contribution in [0.15, 0.2) is 43.8 Å². The Hall–Kier alpha value is 0.293. The molecule has 0 nitrogen and oxygen atoms in total. The maximum absolute atomic E-state index is 2.38. The zero-order valence-electron chi connectivity index (χ0n) is 14.4. The number of rotatable bonds is 4. The normalized spacial score (nSPS) is 20.3. The number of allylic oxidation sites excluding steroid dienone is 8. The summed E-state index contributed by atoms with van der Waals surface area (Å²) in [6.45, 7) is 4.73. The van der Waals surface area contributed by atoms with E-state index < -0.39 is 22.8 Å². The van der Waals surface area contributed by atoms with Crippen molar-refractivity contribution < 1.29 is 47.6 Å². The maximum Gasteiger partial charge on any atom is -1.00 e. The molecule has 0 atom stereocenters. The van der Waals surface area contributed by atoms with Gasteiger partial charge in [0.2, 0.25) is 0 Å². The van der Waals surface area contributed by atoms with E-state index >= 15 is 0 Å². The molecule has 0 N–H and O–H groups in total. The Morgan fingerprint density at radius 3 is 2.22 bits per heavy atom. The quantitative estimate of drug-likeness (QED) is 0.585. The van der Waals surface area contributed by atoms with E-state index in [-0.39, 0.29) is 24.8 Å². The Kier molecular flexibility index (Phi) is 9.57. The molecule has 0 spiro atoms. The number of halogens is 2. The van der Waals surface area contributed by atoms with Crippen LogP contribution in [0.3, 0.4) is 0 Å². The summed E-state index contributed by atoms with van der Waals surface area (Å²) in [7, 11) is 0. The van der Waals surface area contributed by atoms with Crippen LogP contribution in [-0.4, -0.2) is 3.21 Å². The second-order valence-corrected chi connectivity index (χ2v) is 10.2. The van der Waals surface area contributed by atoms with Gasteiger partial charge in [0.05, 0.1) is 0 Å². The van der Waals surface area contributed by atoms with Gasteiger partial charge in [0.1, 0.15) is 0 Å². The summed E-state index contributed by atoms with van der Waals surface area (Å²) >= 11 is -0.425. The summed E-state index contributed by atoms with van der Waals surface area (Å²) in [4.78, 5) is 0. The maximum atomic E-state index is 2.38. The molecule has 23 heavy (non-hydrogen) atoms. The minimum atomic E-state index is -0.425. The van der Waals surface area contributed by atoms with Crippen LogP contribution in [0.2, 0.25) is 0 Å². The topological polar surface area (TPSA) is 0 Å². The van der Waals surface area contributed by atoms with E-state index in [1.165, 1.54) is 57.8 Å². The SMILES string of the molecule is CCC1=[C]([Zr+2]=[C]2CCCCC2)CC(C2=CC=CC2)=C1CC.[Cl-].[Cl-]. The van der Waals surface area contributed by atoms with Crippen molar-refractivity contribution >= 4 is 3.21 Å². The van der Waals surface area contributed by atoms with Gasteiger partial charge in [-0.25, -0.2) is 0 Å². The fraction of sp³-hybridized carbons (Fsp3) is 0.550. The average Bonchev–Trinajstić information content (AvgIpc) is 3.15. The van der Waals surface area contributed by atoms with Gasteiger partial charge >= 0.3 is 141 Å². The van der Waals surface area contributed by atoms with Crippen molar-refractivity contribution in [3.8, 4) is 0 Å². The molecule has 0 aromatic rings. The predicted octanol–water partition coefficient (Wildman–Crippen LogP) is -0.126. The van der Waals surface area contributed by atoms with E-state index in [1.54, 1.807) is 22.3 Å². The molecule has 0 aromatic heterocycles. The second kappa shape index (κ2) is 10.3. The van der Waals surface area contributed by atoms with E-state index in [4.69, 9.17) is 0 Å².